The number of nitrogens with zero attached hydrogens (tertiary/aromatic N) is 1. The maximum atomic E-state index is 11.1. The van der Waals surface area contributed by atoms with Crippen molar-refractivity contribution in [3.8, 4) is 5.75 Å². The summed E-state index contributed by atoms with van der Waals surface area (Å²) in [4.78, 5) is 15.2. The minimum absolute atomic E-state index is 0. The predicted molar refractivity (Wildman–Crippen MR) is 115 cm³/mol. The summed E-state index contributed by atoms with van der Waals surface area (Å²) in [6.45, 7) is 1.83. The second-order valence-electron chi connectivity index (χ2n) is 5.46. The van der Waals surface area contributed by atoms with Crippen LogP contribution in [0.15, 0.2) is 47.5 Å². The molecule has 6 nitrogen and oxygen atoms in total. The number of carbonyl (C=O) groups is 1. The van der Waals surface area contributed by atoms with Gasteiger partial charge in [-0.1, -0.05) is 30.3 Å². The zero-order chi connectivity index (χ0) is 17.9. The molecule has 0 spiro atoms. The quantitative estimate of drug-likeness (QED) is 0.204. The molecular weight excluding hydrogens is 445 g/mol. The third-order valence-electron chi connectivity index (χ3n) is 3.68. The van der Waals surface area contributed by atoms with Crippen LogP contribution in [0.5, 0.6) is 5.75 Å². The monoisotopic (exact) mass is 471 g/mol. The molecule has 0 bridgehead atoms. The van der Waals surface area contributed by atoms with Crippen molar-refractivity contribution in [3.05, 3.63) is 42.5 Å². The fraction of sp³-hybridized carbons (Fsp3) is 0.368. The first-order chi connectivity index (χ1) is 12.2. The van der Waals surface area contributed by atoms with Gasteiger partial charge in [0.15, 0.2) is 5.96 Å². The number of halogens is 1. The van der Waals surface area contributed by atoms with E-state index in [1.54, 1.807) is 7.05 Å². The normalized spacial score (nSPS) is 10.8. The van der Waals surface area contributed by atoms with E-state index in [1.165, 1.54) is 17.9 Å². The van der Waals surface area contributed by atoms with E-state index in [9.17, 15) is 4.79 Å². The van der Waals surface area contributed by atoms with Crippen LogP contribution in [0.25, 0.3) is 10.8 Å². The molecule has 0 amide bonds. The average molecular weight is 471 g/mol. The lowest BCUT2D eigenvalue weighted by molar-refractivity contribution is -0.140. The Hall–Kier alpha value is -2.03. The molecule has 0 saturated carbocycles. The van der Waals surface area contributed by atoms with Gasteiger partial charge in [0, 0.05) is 20.1 Å². The number of benzene rings is 2. The Morgan fingerprint density at radius 2 is 1.81 bits per heavy atom. The number of esters is 1. The first-order valence-corrected chi connectivity index (χ1v) is 8.36. The van der Waals surface area contributed by atoms with Gasteiger partial charge in [-0.05, 0) is 29.3 Å². The van der Waals surface area contributed by atoms with Crippen molar-refractivity contribution in [2.75, 3.05) is 33.9 Å². The second kappa shape index (κ2) is 12.3. The van der Waals surface area contributed by atoms with Crippen LogP contribution in [0.1, 0.15) is 12.8 Å². The number of hydrogen-bond donors (Lipinski definition) is 2. The number of carbonyl (C=O) groups excluding carboxylic acids is 1. The molecule has 0 aliphatic rings. The van der Waals surface area contributed by atoms with Gasteiger partial charge in [0.25, 0.3) is 0 Å². The Kier molecular flexibility index (Phi) is 10.5. The highest BCUT2D eigenvalue weighted by atomic mass is 127. The van der Waals surface area contributed by atoms with E-state index in [-0.39, 0.29) is 29.9 Å². The number of hydrogen-bond acceptors (Lipinski definition) is 4. The summed E-state index contributed by atoms with van der Waals surface area (Å²) in [5.74, 6) is 1.29. The molecule has 2 aromatic rings. The van der Waals surface area contributed by atoms with Crippen LogP contribution in [0.2, 0.25) is 0 Å². The lowest BCUT2D eigenvalue weighted by Gasteiger charge is -2.12. The third kappa shape index (κ3) is 7.47. The van der Waals surface area contributed by atoms with E-state index in [0.717, 1.165) is 18.7 Å². The van der Waals surface area contributed by atoms with Gasteiger partial charge in [-0.3, -0.25) is 9.79 Å². The minimum Gasteiger partial charge on any atom is -0.494 e. The summed E-state index contributed by atoms with van der Waals surface area (Å²) in [6.07, 6.45) is 1.15. The highest BCUT2D eigenvalue weighted by Crippen LogP contribution is 2.20. The summed E-state index contributed by atoms with van der Waals surface area (Å²) >= 11 is 0. The van der Waals surface area contributed by atoms with Crippen LogP contribution in [0.3, 0.4) is 0 Å². The molecule has 0 radical (unpaired) electrons. The first kappa shape index (κ1) is 22.0. The van der Waals surface area contributed by atoms with E-state index in [4.69, 9.17) is 4.74 Å². The van der Waals surface area contributed by atoms with E-state index >= 15 is 0 Å². The van der Waals surface area contributed by atoms with Gasteiger partial charge in [-0.25, -0.2) is 0 Å². The number of guanidine groups is 1. The molecule has 0 heterocycles. The number of nitrogens with one attached hydrogen (secondary N) is 2. The standard InChI is InChI=1S/C19H25N3O3.HI/c1-20-19(22-12-10-18(23)24-2)21-11-5-13-25-17-9-8-15-6-3-4-7-16(15)14-17;/h3-4,6-9,14H,5,10-13H2,1-2H3,(H2,20,21,22);1H. The van der Waals surface area contributed by atoms with Gasteiger partial charge in [0.05, 0.1) is 20.1 Å². The number of fused-ring (bicyclic) bond motifs is 1. The number of ether oxygens (including phenoxy) is 2. The molecule has 0 fully saturated rings. The fourth-order valence-electron chi connectivity index (χ4n) is 2.33. The van der Waals surface area contributed by atoms with E-state index in [2.05, 4.69) is 44.6 Å². The third-order valence-corrected chi connectivity index (χ3v) is 3.68. The molecule has 2 rings (SSSR count). The molecule has 26 heavy (non-hydrogen) atoms. The molecule has 7 heteroatoms. The molecule has 0 aliphatic heterocycles. The Bertz CT molecular complexity index is 722. The Balaban J connectivity index is 0.00000338. The minimum atomic E-state index is -0.244. The van der Waals surface area contributed by atoms with Crippen molar-refractivity contribution < 1.29 is 14.3 Å². The average Bonchev–Trinajstić information content (AvgIpc) is 2.65. The Morgan fingerprint density at radius 3 is 2.54 bits per heavy atom. The molecule has 0 aliphatic carbocycles. The maximum absolute atomic E-state index is 11.1. The second-order valence-corrected chi connectivity index (χ2v) is 5.46. The van der Waals surface area contributed by atoms with Crippen molar-refractivity contribution in [1.29, 1.82) is 0 Å². The van der Waals surface area contributed by atoms with Crippen LogP contribution < -0.4 is 15.4 Å². The van der Waals surface area contributed by atoms with Gasteiger partial charge in [0.1, 0.15) is 5.75 Å². The molecule has 0 saturated heterocycles. The van der Waals surface area contributed by atoms with Crippen LogP contribution in [0.4, 0.5) is 0 Å². The van der Waals surface area contributed by atoms with Gasteiger partial charge in [-0.2, -0.15) is 0 Å². The zero-order valence-corrected chi connectivity index (χ0v) is 17.5. The van der Waals surface area contributed by atoms with Crippen LogP contribution in [0, 0.1) is 0 Å². The summed E-state index contributed by atoms with van der Waals surface area (Å²) in [5, 5.41) is 8.63. The van der Waals surface area contributed by atoms with Crippen LogP contribution >= 0.6 is 24.0 Å². The molecule has 142 valence electrons. The van der Waals surface area contributed by atoms with Crippen LogP contribution in [-0.2, 0) is 9.53 Å². The van der Waals surface area contributed by atoms with Gasteiger partial charge in [-0.15, -0.1) is 24.0 Å². The van der Waals surface area contributed by atoms with Gasteiger partial charge >= 0.3 is 5.97 Å². The van der Waals surface area contributed by atoms with Crippen LogP contribution in [-0.4, -0.2) is 45.8 Å². The number of aliphatic imine (C=N–C) groups is 1. The molecule has 0 aromatic heterocycles. The number of rotatable bonds is 8. The summed E-state index contributed by atoms with van der Waals surface area (Å²) in [5.41, 5.74) is 0. The fourth-order valence-corrected chi connectivity index (χ4v) is 2.33. The van der Waals surface area contributed by atoms with Crippen molar-refractivity contribution in [1.82, 2.24) is 10.6 Å². The number of methoxy groups -OCH3 is 1. The molecule has 2 N–H and O–H groups in total. The van der Waals surface area contributed by atoms with Crippen molar-refractivity contribution in [2.24, 2.45) is 4.99 Å². The SMILES string of the molecule is CN=C(NCCCOc1ccc2ccccc2c1)NCCC(=O)OC.I. The van der Waals surface area contributed by atoms with Gasteiger partial charge in [0.2, 0.25) is 0 Å². The summed E-state index contributed by atoms with van der Waals surface area (Å²) < 4.78 is 10.4. The Labute approximate surface area is 171 Å². The first-order valence-electron chi connectivity index (χ1n) is 8.36. The Morgan fingerprint density at radius 1 is 1.08 bits per heavy atom. The summed E-state index contributed by atoms with van der Waals surface area (Å²) in [6, 6.07) is 14.3. The molecule has 0 atom stereocenters. The maximum Gasteiger partial charge on any atom is 0.307 e. The lowest BCUT2D eigenvalue weighted by atomic mass is 10.1. The highest BCUT2D eigenvalue weighted by Gasteiger charge is 2.02. The summed E-state index contributed by atoms with van der Waals surface area (Å²) in [7, 11) is 3.07. The van der Waals surface area contributed by atoms with Crippen molar-refractivity contribution >= 4 is 46.7 Å². The smallest absolute Gasteiger partial charge is 0.307 e. The van der Waals surface area contributed by atoms with Crippen molar-refractivity contribution in [3.63, 3.8) is 0 Å². The van der Waals surface area contributed by atoms with E-state index in [0.29, 0.717) is 25.5 Å². The highest BCUT2D eigenvalue weighted by molar-refractivity contribution is 14.0. The topological polar surface area (TPSA) is 72.0 Å². The largest absolute Gasteiger partial charge is 0.494 e. The van der Waals surface area contributed by atoms with E-state index < -0.39 is 0 Å². The van der Waals surface area contributed by atoms with Gasteiger partial charge < -0.3 is 20.1 Å². The van der Waals surface area contributed by atoms with Crippen molar-refractivity contribution in [2.45, 2.75) is 12.8 Å². The molecular formula is C19H26IN3O3. The zero-order valence-electron chi connectivity index (χ0n) is 15.2. The van der Waals surface area contributed by atoms with E-state index in [1.807, 2.05) is 18.2 Å². The lowest BCUT2D eigenvalue weighted by Crippen LogP contribution is -2.39. The molecule has 2 aromatic carbocycles. The predicted octanol–water partition coefficient (Wildman–Crippen LogP) is 2.95. The molecule has 0 unspecified atom stereocenters.